The molecule has 0 spiro atoms. The average molecular weight is 368 g/mol. The van der Waals surface area contributed by atoms with E-state index in [2.05, 4.69) is 9.97 Å². The number of hydrogen-bond donors (Lipinski definition) is 0. The molecule has 0 unspecified atom stereocenters. The summed E-state index contributed by atoms with van der Waals surface area (Å²) < 4.78 is 5.37. The van der Waals surface area contributed by atoms with Gasteiger partial charge in [-0.15, -0.1) is 0 Å². The normalized spacial score (nSPS) is 11.0. The van der Waals surface area contributed by atoms with Gasteiger partial charge in [-0.2, -0.15) is 0 Å². The second-order valence-corrected chi connectivity index (χ2v) is 6.24. The van der Waals surface area contributed by atoms with Gasteiger partial charge in [-0.3, -0.25) is 4.98 Å². The Balaban J connectivity index is 1.98. The second kappa shape index (κ2) is 6.91. The van der Waals surface area contributed by atoms with E-state index in [1.807, 2.05) is 18.2 Å². The SMILES string of the molecule is COc1ccc(CCc2c(Cl)cncc2Cl)c2ccc(Cl)nc12. The summed E-state index contributed by atoms with van der Waals surface area (Å²) in [6, 6.07) is 7.66. The Labute approximate surface area is 149 Å². The highest BCUT2D eigenvalue weighted by atomic mass is 35.5. The molecule has 2 aromatic heterocycles. The Morgan fingerprint density at radius 3 is 2.39 bits per heavy atom. The predicted octanol–water partition coefficient (Wildman–Crippen LogP) is 5.38. The molecule has 3 aromatic rings. The molecule has 1 aromatic carbocycles. The van der Waals surface area contributed by atoms with Crippen molar-refractivity contribution in [3.05, 3.63) is 63.0 Å². The first-order valence-corrected chi connectivity index (χ1v) is 8.13. The van der Waals surface area contributed by atoms with Gasteiger partial charge in [-0.05, 0) is 42.2 Å². The highest BCUT2D eigenvalue weighted by Crippen LogP contribution is 2.30. The van der Waals surface area contributed by atoms with Gasteiger partial charge in [0.25, 0.3) is 0 Å². The number of rotatable bonds is 4. The van der Waals surface area contributed by atoms with Gasteiger partial charge in [0.15, 0.2) is 0 Å². The summed E-state index contributed by atoms with van der Waals surface area (Å²) in [4.78, 5) is 8.35. The van der Waals surface area contributed by atoms with Crippen molar-refractivity contribution >= 4 is 45.7 Å². The number of aromatic nitrogens is 2. The molecule has 2 heterocycles. The van der Waals surface area contributed by atoms with E-state index in [4.69, 9.17) is 39.5 Å². The molecule has 0 aliphatic rings. The molecule has 0 saturated heterocycles. The number of fused-ring (bicyclic) bond motifs is 1. The van der Waals surface area contributed by atoms with Gasteiger partial charge in [0, 0.05) is 17.8 Å². The van der Waals surface area contributed by atoms with E-state index in [1.165, 1.54) is 0 Å². The molecule has 0 atom stereocenters. The summed E-state index contributed by atoms with van der Waals surface area (Å²) in [7, 11) is 1.62. The number of hydrogen-bond acceptors (Lipinski definition) is 3. The fraction of sp³-hybridized carbons (Fsp3) is 0.176. The highest BCUT2D eigenvalue weighted by molar-refractivity contribution is 6.35. The molecule has 0 bridgehead atoms. The van der Waals surface area contributed by atoms with Crippen molar-refractivity contribution in [2.24, 2.45) is 0 Å². The van der Waals surface area contributed by atoms with Gasteiger partial charge < -0.3 is 4.74 Å². The summed E-state index contributed by atoms with van der Waals surface area (Å²) in [5.41, 5.74) is 2.78. The van der Waals surface area contributed by atoms with E-state index in [1.54, 1.807) is 25.6 Å². The van der Waals surface area contributed by atoms with E-state index in [9.17, 15) is 0 Å². The van der Waals surface area contributed by atoms with Crippen LogP contribution < -0.4 is 4.74 Å². The van der Waals surface area contributed by atoms with Gasteiger partial charge in [0.2, 0.25) is 0 Å². The van der Waals surface area contributed by atoms with Gasteiger partial charge in [0.1, 0.15) is 16.4 Å². The Morgan fingerprint density at radius 1 is 0.957 bits per heavy atom. The quantitative estimate of drug-likeness (QED) is 0.580. The molecule has 0 aliphatic carbocycles. The first-order chi connectivity index (χ1) is 11.1. The van der Waals surface area contributed by atoms with Crippen molar-refractivity contribution in [3.8, 4) is 5.75 Å². The molecular formula is C17H13Cl3N2O. The van der Waals surface area contributed by atoms with Crippen LogP contribution in [0.2, 0.25) is 15.2 Å². The molecule has 0 fully saturated rings. The zero-order chi connectivity index (χ0) is 16.4. The Bertz CT molecular complexity index is 848. The van der Waals surface area contributed by atoms with Crippen LogP contribution in [0, 0.1) is 0 Å². The summed E-state index contributed by atoms with van der Waals surface area (Å²) in [6.45, 7) is 0. The number of halogens is 3. The molecule has 118 valence electrons. The van der Waals surface area contributed by atoms with Crippen LogP contribution in [-0.4, -0.2) is 17.1 Å². The predicted molar refractivity (Wildman–Crippen MR) is 95.0 cm³/mol. The Kier molecular flexibility index (Phi) is 4.90. The molecule has 3 nitrogen and oxygen atoms in total. The van der Waals surface area contributed by atoms with Crippen LogP contribution in [0.3, 0.4) is 0 Å². The third kappa shape index (κ3) is 3.37. The second-order valence-electron chi connectivity index (χ2n) is 5.04. The molecule has 0 aliphatic heterocycles. The number of ether oxygens (including phenoxy) is 1. The lowest BCUT2D eigenvalue weighted by atomic mass is 10.0. The zero-order valence-electron chi connectivity index (χ0n) is 12.3. The van der Waals surface area contributed by atoms with E-state index in [0.29, 0.717) is 27.4 Å². The van der Waals surface area contributed by atoms with Crippen molar-refractivity contribution in [2.45, 2.75) is 12.8 Å². The first-order valence-electron chi connectivity index (χ1n) is 7.00. The lowest BCUT2D eigenvalue weighted by Crippen LogP contribution is -1.97. The number of methoxy groups -OCH3 is 1. The van der Waals surface area contributed by atoms with Crippen LogP contribution >= 0.6 is 34.8 Å². The summed E-state index contributed by atoms with van der Waals surface area (Å²) in [6.07, 6.45) is 4.70. The topological polar surface area (TPSA) is 35.0 Å². The van der Waals surface area contributed by atoms with Crippen molar-refractivity contribution < 1.29 is 4.74 Å². The summed E-state index contributed by atoms with van der Waals surface area (Å²) in [5, 5.41) is 2.61. The molecule has 0 N–H and O–H groups in total. The van der Waals surface area contributed by atoms with Gasteiger partial charge >= 0.3 is 0 Å². The number of benzene rings is 1. The monoisotopic (exact) mass is 366 g/mol. The molecule has 3 rings (SSSR count). The molecule has 6 heteroatoms. The standard InChI is InChI=1S/C17H13Cl3N2O/c1-23-15-6-3-10(11-5-7-16(20)22-17(11)15)2-4-12-13(18)8-21-9-14(12)19/h3,5-9H,2,4H2,1H3. The molecule has 0 amide bonds. The summed E-state index contributed by atoms with van der Waals surface area (Å²) >= 11 is 18.4. The maximum absolute atomic E-state index is 6.19. The molecular weight excluding hydrogens is 355 g/mol. The fourth-order valence-corrected chi connectivity index (χ4v) is 3.25. The minimum absolute atomic E-state index is 0.438. The smallest absolute Gasteiger partial charge is 0.145 e. The van der Waals surface area contributed by atoms with E-state index < -0.39 is 0 Å². The minimum atomic E-state index is 0.438. The number of pyridine rings is 2. The average Bonchev–Trinajstić information content (AvgIpc) is 2.54. The van der Waals surface area contributed by atoms with E-state index >= 15 is 0 Å². The van der Waals surface area contributed by atoms with E-state index in [0.717, 1.165) is 28.5 Å². The lowest BCUT2D eigenvalue weighted by molar-refractivity contribution is 0.419. The lowest BCUT2D eigenvalue weighted by Gasteiger charge is -2.11. The van der Waals surface area contributed by atoms with Crippen LogP contribution in [-0.2, 0) is 12.8 Å². The number of nitrogens with zero attached hydrogens (tertiary/aromatic N) is 2. The van der Waals surface area contributed by atoms with Crippen molar-refractivity contribution in [1.29, 1.82) is 0 Å². The van der Waals surface area contributed by atoms with Crippen LogP contribution in [0.4, 0.5) is 0 Å². The molecule has 0 saturated carbocycles. The third-order valence-corrected chi connectivity index (χ3v) is 4.56. The van der Waals surface area contributed by atoms with Crippen LogP contribution in [0.1, 0.15) is 11.1 Å². The maximum Gasteiger partial charge on any atom is 0.145 e. The maximum atomic E-state index is 6.19. The van der Waals surface area contributed by atoms with Crippen molar-refractivity contribution in [1.82, 2.24) is 9.97 Å². The largest absolute Gasteiger partial charge is 0.494 e. The zero-order valence-corrected chi connectivity index (χ0v) is 14.6. The highest BCUT2D eigenvalue weighted by Gasteiger charge is 2.11. The van der Waals surface area contributed by atoms with Gasteiger partial charge in [0.05, 0.1) is 17.2 Å². The Hall–Kier alpha value is -1.55. The van der Waals surface area contributed by atoms with Gasteiger partial charge in [-0.25, -0.2) is 4.98 Å². The summed E-state index contributed by atoms with van der Waals surface area (Å²) in [5.74, 6) is 0.700. The first kappa shape index (κ1) is 16.3. The third-order valence-electron chi connectivity index (χ3n) is 3.69. The van der Waals surface area contributed by atoms with E-state index in [-0.39, 0.29) is 0 Å². The van der Waals surface area contributed by atoms with Gasteiger partial charge in [-0.1, -0.05) is 40.9 Å². The van der Waals surface area contributed by atoms with Crippen molar-refractivity contribution in [2.75, 3.05) is 7.11 Å². The van der Waals surface area contributed by atoms with Crippen LogP contribution in [0.25, 0.3) is 10.9 Å². The van der Waals surface area contributed by atoms with Crippen LogP contribution in [0.5, 0.6) is 5.75 Å². The van der Waals surface area contributed by atoms with Crippen molar-refractivity contribution in [3.63, 3.8) is 0 Å². The Morgan fingerprint density at radius 2 is 1.70 bits per heavy atom. The molecule has 23 heavy (non-hydrogen) atoms. The molecule has 0 radical (unpaired) electrons. The fourth-order valence-electron chi connectivity index (χ4n) is 2.55. The minimum Gasteiger partial charge on any atom is -0.494 e. The van der Waals surface area contributed by atoms with Crippen LogP contribution in [0.15, 0.2) is 36.7 Å². The number of aryl methyl sites for hydroxylation is 1.